The Morgan fingerprint density at radius 1 is 1.21 bits per heavy atom. The van der Waals surface area contributed by atoms with Gasteiger partial charge < -0.3 is 30.0 Å². The van der Waals surface area contributed by atoms with Crippen molar-refractivity contribution in [1.29, 1.82) is 0 Å². The number of H-pyrrole nitrogens is 1. The molecule has 0 aliphatic rings. The van der Waals surface area contributed by atoms with Crippen LogP contribution < -0.4 is 15.4 Å². The second kappa shape index (κ2) is 10.2. The summed E-state index contributed by atoms with van der Waals surface area (Å²) < 4.78 is 7.03. The van der Waals surface area contributed by atoms with Gasteiger partial charge in [-0.3, -0.25) is 9.59 Å². The Bertz CT molecular complexity index is 1150. The van der Waals surface area contributed by atoms with E-state index in [2.05, 4.69) is 20.6 Å². The van der Waals surface area contributed by atoms with Gasteiger partial charge in [-0.05, 0) is 30.5 Å². The molecular formula is C23H29N5O5. The van der Waals surface area contributed by atoms with Crippen LogP contribution in [0.1, 0.15) is 36.5 Å². The highest BCUT2D eigenvalue weighted by molar-refractivity contribution is 6.01. The number of fused-ring (bicyclic) bond motifs is 1. The fourth-order valence-electron chi connectivity index (χ4n) is 3.63. The van der Waals surface area contributed by atoms with Gasteiger partial charge in [0, 0.05) is 36.3 Å². The van der Waals surface area contributed by atoms with E-state index in [1.165, 1.54) is 0 Å². The van der Waals surface area contributed by atoms with Gasteiger partial charge in [-0.2, -0.15) is 0 Å². The molecule has 0 fully saturated rings. The summed E-state index contributed by atoms with van der Waals surface area (Å²) in [7, 11) is 3.30. The molecule has 0 unspecified atom stereocenters. The highest BCUT2D eigenvalue weighted by Crippen LogP contribution is 2.26. The van der Waals surface area contributed by atoms with Gasteiger partial charge in [0.1, 0.15) is 23.5 Å². The SMILES string of the molecule is COc1cccc2[nH]c(C(=O)N[C@@H](CC(C)C)C(=O)N[C@@H](Cc3cncn3C)C(=O)O)cc12. The Balaban J connectivity index is 1.76. The quantitative estimate of drug-likeness (QED) is 0.368. The first-order valence-corrected chi connectivity index (χ1v) is 10.6. The van der Waals surface area contributed by atoms with Gasteiger partial charge in [0.2, 0.25) is 5.91 Å². The first kappa shape index (κ1) is 23.8. The standard InChI is InChI=1S/C23H29N5O5/c1-13(2)8-17(21(29)27-19(23(31)32)9-14-11-24-12-28(14)3)26-22(30)18-10-15-16(25-18)6-5-7-20(15)33-4/h5-7,10-13,17,19,25H,8-9H2,1-4H3,(H,26,30)(H,27,29)(H,31,32)/t17-,19-/m0/s1. The van der Waals surface area contributed by atoms with Gasteiger partial charge >= 0.3 is 5.97 Å². The van der Waals surface area contributed by atoms with Crippen molar-refractivity contribution < 1.29 is 24.2 Å². The molecule has 0 bridgehead atoms. The average Bonchev–Trinajstić information content (AvgIpc) is 3.38. The number of carboxylic acids is 1. The summed E-state index contributed by atoms with van der Waals surface area (Å²) in [5.41, 5.74) is 1.67. The number of nitrogens with zero attached hydrogens (tertiary/aromatic N) is 2. The molecule has 0 aliphatic heterocycles. The zero-order chi connectivity index (χ0) is 24.1. The van der Waals surface area contributed by atoms with Crippen molar-refractivity contribution in [2.24, 2.45) is 13.0 Å². The third-order valence-electron chi connectivity index (χ3n) is 5.36. The number of carbonyl (C=O) groups excluding carboxylic acids is 2. The van der Waals surface area contributed by atoms with Crippen LogP contribution in [0.15, 0.2) is 36.8 Å². The highest BCUT2D eigenvalue weighted by atomic mass is 16.5. The van der Waals surface area contributed by atoms with Gasteiger partial charge in [0.15, 0.2) is 0 Å². The molecule has 0 saturated heterocycles. The van der Waals surface area contributed by atoms with E-state index in [0.717, 1.165) is 10.9 Å². The maximum absolute atomic E-state index is 13.0. The molecule has 0 radical (unpaired) electrons. The first-order valence-electron chi connectivity index (χ1n) is 10.6. The Morgan fingerprint density at radius 2 is 1.97 bits per heavy atom. The van der Waals surface area contributed by atoms with Gasteiger partial charge in [0.05, 0.1) is 13.4 Å². The molecule has 2 aromatic heterocycles. The van der Waals surface area contributed by atoms with Crippen LogP contribution in [0.25, 0.3) is 10.9 Å². The average molecular weight is 456 g/mol. The minimum Gasteiger partial charge on any atom is -0.496 e. The summed E-state index contributed by atoms with van der Waals surface area (Å²) in [5.74, 6) is -1.47. The highest BCUT2D eigenvalue weighted by Gasteiger charge is 2.28. The Kier molecular flexibility index (Phi) is 7.37. The van der Waals surface area contributed by atoms with E-state index >= 15 is 0 Å². The Hall–Kier alpha value is -3.82. The third kappa shape index (κ3) is 5.71. The molecule has 2 amide bonds. The number of aliphatic carboxylic acids is 1. The fourth-order valence-corrected chi connectivity index (χ4v) is 3.63. The fraction of sp³-hybridized carbons (Fsp3) is 0.391. The smallest absolute Gasteiger partial charge is 0.326 e. The van der Waals surface area contributed by atoms with Gasteiger partial charge in [-0.1, -0.05) is 19.9 Å². The third-order valence-corrected chi connectivity index (χ3v) is 5.36. The van der Waals surface area contributed by atoms with Crippen molar-refractivity contribution in [2.45, 2.75) is 38.8 Å². The summed E-state index contributed by atoms with van der Waals surface area (Å²) in [5, 5.41) is 15.7. The normalized spacial score (nSPS) is 13.0. The maximum Gasteiger partial charge on any atom is 0.326 e. The Labute approximate surface area is 191 Å². The number of imidazole rings is 1. The molecule has 3 rings (SSSR count). The number of hydrogen-bond acceptors (Lipinski definition) is 5. The molecule has 4 N–H and O–H groups in total. The van der Waals surface area contributed by atoms with Crippen molar-refractivity contribution in [3.8, 4) is 5.75 Å². The van der Waals surface area contributed by atoms with E-state index in [1.807, 2.05) is 26.0 Å². The predicted octanol–water partition coefficient (Wildman–Crippen LogP) is 1.87. The van der Waals surface area contributed by atoms with Gasteiger partial charge in [0.25, 0.3) is 5.91 Å². The first-order chi connectivity index (χ1) is 15.7. The molecule has 33 heavy (non-hydrogen) atoms. The number of rotatable bonds is 10. The summed E-state index contributed by atoms with van der Waals surface area (Å²) in [4.78, 5) is 44.7. The lowest BCUT2D eigenvalue weighted by atomic mass is 10.0. The molecule has 0 saturated carbocycles. The van der Waals surface area contributed by atoms with Crippen LogP contribution in [-0.2, 0) is 23.1 Å². The van der Waals surface area contributed by atoms with Gasteiger partial charge in [-0.25, -0.2) is 9.78 Å². The molecule has 2 heterocycles. The lowest BCUT2D eigenvalue weighted by Gasteiger charge is -2.22. The topological polar surface area (TPSA) is 138 Å². The number of ether oxygens (including phenoxy) is 1. The van der Waals surface area contributed by atoms with E-state index in [-0.39, 0.29) is 18.0 Å². The molecular weight excluding hydrogens is 426 g/mol. The number of carbonyl (C=O) groups is 3. The summed E-state index contributed by atoms with van der Waals surface area (Å²) in [6, 6.07) is 5.03. The lowest BCUT2D eigenvalue weighted by molar-refractivity contribution is -0.142. The number of nitrogens with one attached hydrogen (secondary N) is 3. The number of benzene rings is 1. The number of amides is 2. The van der Waals surface area contributed by atoms with Crippen LogP contribution in [-0.4, -0.2) is 56.6 Å². The number of hydrogen-bond donors (Lipinski definition) is 4. The zero-order valence-electron chi connectivity index (χ0n) is 19.1. The minimum atomic E-state index is -1.16. The molecule has 2 atom stereocenters. The molecule has 10 nitrogen and oxygen atoms in total. The number of aromatic amines is 1. The molecule has 10 heteroatoms. The molecule has 176 valence electrons. The summed E-state index contributed by atoms with van der Waals surface area (Å²) in [6.07, 6.45) is 3.54. The zero-order valence-corrected chi connectivity index (χ0v) is 19.1. The van der Waals surface area contributed by atoms with Crippen molar-refractivity contribution >= 4 is 28.7 Å². The van der Waals surface area contributed by atoms with Crippen molar-refractivity contribution in [2.75, 3.05) is 7.11 Å². The van der Waals surface area contributed by atoms with Crippen LogP contribution in [0, 0.1) is 5.92 Å². The molecule has 0 aliphatic carbocycles. The minimum absolute atomic E-state index is 0.0712. The largest absolute Gasteiger partial charge is 0.496 e. The number of carboxylic acid groups (broad SMARTS) is 1. The second-order valence-electron chi connectivity index (χ2n) is 8.36. The van der Waals surface area contributed by atoms with E-state index in [4.69, 9.17) is 4.74 Å². The maximum atomic E-state index is 13.0. The van der Waals surface area contributed by atoms with Crippen LogP contribution in [0.4, 0.5) is 0 Å². The van der Waals surface area contributed by atoms with Crippen LogP contribution in [0.3, 0.4) is 0 Å². The van der Waals surface area contributed by atoms with E-state index in [0.29, 0.717) is 17.9 Å². The van der Waals surface area contributed by atoms with Crippen molar-refractivity contribution in [3.63, 3.8) is 0 Å². The van der Waals surface area contributed by atoms with E-state index in [9.17, 15) is 19.5 Å². The van der Waals surface area contributed by atoms with Crippen LogP contribution >= 0.6 is 0 Å². The predicted molar refractivity (Wildman–Crippen MR) is 122 cm³/mol. The number of aromatic nitrogens is 3. The molecule has 1 aromatic carbocycles. The Morgan fingerprint density at radius 3 is 2.58 bits per heavy atom. The summed E-state index contributed by atoms with van der Waals surface area (Å²) in [6.45, 7) is 3.84. The molecule has 0 spiro atoms. The van der Waals surface area contributed by atoms with E-state index in [1.54, 1.807) is 43.4 Å². The molecule has 3 aromatic rings. The van der Waals surface area contributed by atoms with E-state index < -0.39 is 29.9 Å². The van der Waals surface area contributed by atoms with Crippen molar-refractivity contribution in [1.82, 2.24) is 25.2 Å². The van der Waals surface area contributed by atoms with Crippen molar-refractivity contribution in [3.05, 3.63) is 48.2 Å². The summed E-state index contributed by atoms with van der Waals surface area (Å²) >= 11 is 0. The lowest BCUT2D eigenvalue weighted by Crippen LogP contribution is -2.52. The van der Waals surface area contributed by atoms with Crippen LogP contribution in [0.2, 0.25) is 0 Å². The number of aryl methyl sites for hydroxylation is 1. The number of methoxy groups -OCH3 is 1. The second-order valence-corrected chi connectivity index (χ2v) is 8.36. The van der Waals surface area contributed by atoms with Crippen LogP contribution in [0.5, 0.6) is 5.75 Å². The monoisotopic (exact) mass is 455 g/mol. The van der Waals surface area contributed by atoms with Gasteiger partial charge in [-0.15, -0.1) is 0 Å².